The molecule has 1 fully saturated rings. The van der Waals surface area contributed by atoms with Gasteiger partial charge in [-0.1, -0.05) is 6.07 Å². The lowest BCUT2D eigenvalue weighted by Crippen LogP contribution is -2.23. The second kappa shape index (κ2) is 3.02. The number of rotatable bonds is 2. The summed E-state index contributed by atoms with van der Waals surface area (Å²) in [5, 5.41) is 10.1. The van der Waals surface area contributed by atoms with Crippen molar-refractivity contribution in [2.45, 2.75) is 25.4 Å². The van der Waals surface area contributed by atoms with Crippen LogP contribution in [0.4, 0.5) is 8.78 Å². The van der Waals surface area contributed by atoms with E-state index in [2.05, 4.69) is 0 Å². The van der Waals surface area contributed by atoms with Gasteiger partial charge in [-0.05, 0) is 43.4 Å². The first-order valence-electron chi connectivity index (χ1n) is 4.69. The number of aliphatic hydroxyl groups is 1. The summed E-state index contributed by atoms with van der Waals surface area (Å²) in [6, 6.07) is 3.58. The number of benzene rings is 1. The predicted octanol–water partition coefficient (Wildman–Crippen LogP) is 2.58. The molecule has 0 aliphatic heterocycles. The number of hydrogen-bond acceptors (Lipinski definition) is 1. The lowest BCUT2D eigenvalue weighted by Gasteiger charge is -2.23. The van der Waals surface area contributed by atoms with Crippen LogP contribution in [0.25, 0.3) is 0 Å². The van der Waals surface area contributed by atoms with E-state index in [1.165, 1.54) is 6.07 Å². The second-order valence-corrected chi connectivity index (χ2v) is 4.05. The SMILES string of the molecule is C[C@@](O)(c1ccc(F)c(F)c1)C1CC1. The summed E-state index contributed by atoms with van der Waals surface area (Å²) in [5.74, 6) is -1.59. The van der Waals surface area contributed by atoms with Crippen molar-refractivity contribution in [3.8, 4) is 0 Å². The van der Waals surface area contributed by atoms with Gasteiger partial charge in [0.05, 0.1) is 5.60 Å². The Hall–Kier alpha value is -0.960. The molecule has 0 bridgehead atoms. The highest BCUT2D eigenvalue weighted by Crippen LogP contribution is 2.45. The molecule has 0 amide bonds. The van der Waals surface area contributed by atoms with E-state index in [-0.39, 0.29) is 5.92 Å². The molecule has 0 unspecified atom stereocenters. The molecule has 3 heteroatoms. The molecule has 1 aliphatic rings. The van der Waals surface area contributed by atoms with Gasteiger partial charge < -0.3 is 5.11 Å². The minimum Gasteiger partial charge on any atom is -0.385 e. The predicted molar refractivity (Wildman–Crippen MR) is 48.7 cm³/mol. The molecule has 1 atom stereocenters. The van der Waals surface area contributed by atoms with Crippen molar-refractivity contribution in [3.05, 3.63) is 35.4 Å². The van der Waals surface area contributed by atoms with Crippen molar-refractivity contribution >= 4 is 0 Å². The Balaban J connectivity index is 2.36. The lowest BCUT2D eigenvalue weighted by molar-refractivity contribution is 0.0327. The molecule has 1 nitrogen and oxygen atoms in total. The van der Waals surface area contributed by atoms with Crippen molar-refractivity contribution in [2.75, 3.05) is 0 Å². The highest BCUT2D eigenvalue weighted by molar-refractivity contribution is 5.25. The van der Waals surface area contributed by atoms with Gasteiger partial charge in [-0.15, -0.1) is 0 Å². The summed E-state index contributed by atoms with van der Waals surface area (Å²) in [6.45, 7) is 1.65. The maximum absolute atomic E-state index is 12.9. The average Bonchev–Trinajstić information content (AvgIpc) is 2.92. The van der Waals surface area contributed by atoms with Crippen LogP contribution in [-0.2, 0) is 5.60 Å². The zero-order valence-electron chi connectivity index (χ0n) is 7.93. The van der Waals surface area contributed by atoms with Crippen LogP contribution in [0.3, 0.4) is 0 Å². The summed E-state index contributed by atoms with van der Waals surface area (Å²) in [6.07, 6.45) is 1.90. The van der Waals surface area contributed by atoms with Crippen LogP contribution >= 0.6 is 0 Å². The molecule has 0 saturated heterocycles. The summed E-state index contributed by atoms with van der Waals surface area (Å²) < 4.78 is 25.6. The molecule has 14 heavy (non-hydrogen) atoms. The monoisotopic (exact) mass is 198 g/mol. The second-order valence-electron chi connectivity index (χ2n) is 4.05. The third-order valence-corrected chi connectivity index (χ3v) is 2.88. The van der Waals surface area contributed by atoms with E-state index in [9.17, 15) is 13.9 Å². The van der Waals surface area contributed by atoms with E-state index >= 15 is 0 Å². The first-order chi connectivity index (χ1) is 6.51. The van der Waals surface area contributed by atoms with Gasteiger partial charge >= 0.3 is 0 Å². The minimum atomic E-state index is -1.02. The van der Waals surface area contributed by atoms with Gasteiger partial charge in [-0.2, -0.15) is 0 Å². The van der Waals surface area contributed by atoms with E-state index in [0.29, 0.717) is 5.56 Å². The van der Waals surface area contributed by atoms with Crippen molar-refractivity contribution in [2.24, 2.45) is 5.92 Å². The molecule has 1 N–H and O–H groups in total. The largest absolute Gasteiger partial charge is 0.385 e. The first kappa shape index (κ1) is 9.59. The van der Waals surface area contributed by atoms with Gasteiger partial charge in [0, 0.05) is 0 Å². The molecular weight excluding hydrogens is 186 g/mol. The highest BCUT2D eigenvalue weighted by Gasteiger charge is 2.41. The zero-order chi connectivity index (χ0) is 10.3. The van der Waals surface area contributed by atoms with Gasteiger partial charge in [-0.3, -0.25) is 0 Å². The van der Waals surface area contributed by atoms with Gasteiger partial charge in [0.2, 0.25) is 0 Å². The smallest absolute Gasteiger partial charge is 0.159 e. The molecule has 0 spiro atoms. The molecule has 0 radical (unpaired) electrons. The van der Waals surface area contributed by atoms with Gasteiger partial charge in [0.15, 0.2) is 11.6 Å². The van der Waals surface area contributed by atoms with Gasteiger partial charge in [0.1, 0.15) is 0 Å². The van der Waals surface area contributed by atoms with E-state index in [1.807, 2.05) is 0 Å². The Kier molecular flexibility index (Phi) is 2.07. The molecule has 1 aromatic carbocycles. The molecule has 1 aromatic rings. The van der Waals surface area contributed by atoms with Crippen LogP contribution < -0.4 is 0 Å². The standard InChI is InChI=1S/C11H12F2O/c1-11(14,7-2-3-7)8-4-5-9(12)10(13)6-8/h4-7,14H,2-3H2,1H3/t11-/m0/s1. The van der Waals surface area contributed by atoms with Crippen molar-refractivity contribution < 1.29 is 13.9 Å². The fraction of sp³-hybridized carbons (Fsp3) is 0.455. The average molecular weight is 198 g/mol. The van der Waals surface area contributed by atoms with Crippen molar-refractivity contribution in [1.82, 2.24) is 0 Å². The molecule has 0 aromatic heterocycles. The molecule has 1 saturated carbocycles. The van der Waals surface area contributed by atoms with E-state index in [4.69, 9.17) is 0 Å². The fourth-order valence-electron chi connectivity index (χ4n) is 1.69. The lowest BCUT2D eigenvalue weighted by atomic mass is 9.91. The van der Waals surface area contributed by atoms with Crippen LogP contribution in [0.15, 0.2) is 18.2 Å². The van der Waals surface area contributed by atoms with Crippen LogP contribution in [-0.4, -0.2) is 5.11 Å². The Morgan fingerprint density at radius 2 is 1.93 bits per heavy atom. The normalized spacial score (nSPS) is 20.6. The number of hydrogen-bond donors (Lipinski definition) is 1. The third kappa shape index (κ3) is 1.52. The van der Waals surface area contributed by atoms with E-state index in [0.717, 1.165) is 25.0 Å². The molecule has 1 aliphatic carbocycles. The summed E-state index contributed by atoms with van der Waals surface area (Å²) in [4.78, 5) is 0. The fourth-order valence-corrected chi connectivity index (χ4v) is 1.69. The van der Waals surface area contributed by atoms with E-state index < -0.39 is 17.2 Å². The highest BCUT2D eigenvalue weighted by atomic mass is 19.2. The first-order valence-corrected chi connectivity index (χ1v) is 4.69. The summed E-state index contributed by atoms with van der Waals surface area (Å²) in [5.41, 5.74) is -0.562. The van der Waals surface area contributed by atoms with Crippen LogP contribution in [0.1, 0.15) is 25.3 Å². The molecule has 76 valence electrons. The molecule has 0 heterocycles. The van der Waals surface area contributed by atoms with Crippen molar-refractivity contribution in [3.63, 3.8) is 0 Å². The third-order valence-electron chi connectivity index (χ3n) is 2.88. The zero-order valence-corrected chi connectivity index (χ0v) is 7.93. The van der Waals surface area contributed by atoms with Crippen LogP contribution in [0.2, 0.25) is 0 Å². The minimum absolute atomic E-state index is 0.187. The summed E-state index contributed by atoms with van der Waals surface area (Å²) >= 11 is 0. The van der Waals surface area contributed by atoms with Crippen LogP contribution in [0.5, 0.6) is 0 Å². The Morgan fingerprint density at radius 3 is 2.43 bits per heavy atom. The van der Waals surface area contributed by atoms with Crippen LogP contribution in [0, 0.1) is 17.6 Å². The quantitative estimate of drug-likeness (QED) is 0.774. The van der Waals surface area contributed by atoms with Gasteiger partial charge in [0.25, 0.3) is 0 Å². The molecule has 2 rings (SSSR count). The van der Waals surface area contributed by atoms with Gasteiger partial charge in [-0.25, -0.2) is 8.78 Å². The topological polar surface area (TPSA) is 20.2 Å². The molecular formula is C11H12F2O. The maximum atomic E-state index is 12.9. The number of halogens is 2. The Labute approximate surface area is 81.4 Å². The Morgan fingerprint density at radius 1 is 1.29 bits per heavy atom. The van der Waals surface area contributed by atoms with E-state index in [1.54, 1.807) is 6.92 Å². The maximum Gasteiger partial charge on any atom is 0.159 e. The van der Waals surface area contributed by atoms with Crippen molar-refractivity contribution in [1.29, 1.82) is 0 Å². The summed E-state index contributed by atoms with van der Waals surface area (Å²) in [7, 11) is 0. The Bertz CT molecular complexity index is 356.